The molecule has 0 unspecified atom stereocenters. The van der Waals surface area contributed by atoms with E-state index in [4.69, 9.17) is 17.3 Å². The molecule has 0 heterocycles. The third-order valence-electron chi connectivity index (χ3n) is 1.59. The van der Waals surface area contributed by atoms with Crippen LogP contribution in [-0.2, 0) is 5.88 Å². The fourth-order valence-corrected chi connectivity index (χ4v) is 1.86. The predicted molar refractivity (Wildman–Crippen MR) is 54.8 cm³/mol. The van der Waals surface area contributed by atoms with Crippen LogP contribution >= 0.6 is 27.5 Å². The highest BCUT2D eigenvalue weighted by Gasteiger charge is 2.33. The number of ether oxygens (including phenoxy) is 1. The molecular weight excluding hydrogens is 298 g/mol. The van der Waals surface area contributed by atoms with Gasteiger partial charge in [0.2, 0.25) is 0 Å². The number of hydrogen-bond donors (Lipinski definition) is 1. The van der Waals surface area contributed by atoms with Gasteiger partial charge in [-0.15, -0.1) is 24.8 Å². The molecule has 15 heavy (non-hydrogen) atoms. The summed E-state index contributed by atoms with van der Waals surface area (Å²) in [6, 6.07) is 2.82. The lowest BCUT2D eigenvalue weighted by molar-refractivity contribution is -0.274. The summed E-state index contributed by atoms with van der Waals surface area (Å²) in [5, 5.41) is 0. The number of anilines is 1. The Kier molecular flexibility index (Phi) is 3.72. The van der Waals surface area contributed by atoms with E-state index in [9.17, 15) is 13.2 Å². The minimum Gasteiger partial charge on any atom is -0.403 e. The van der Waals surface area contributed by atoms with Gasteiger partial charge >= 0.3 is 6.36 Å². The lowest BCUT2D eigenvalue weighted by Crippen LogP contribution is -2.19. The molecule has 0 aromatic heterocycles. The van der Waals surface area contributed by atoms with Crippen molar-refractivity contribution in [1.29, 1.82) is 0 Å². The molecule has 0 saturated heterocycles. The van der Waals surface area contributed by atoms with E-state index < -0.39 is 12.1 Å². The molecule has 0 aliphatic carbocycles. The quantitative estimate of drug-likeness (QED) is 0.668. The normalized spacial score (nSPS) is 11.5. The molecule has 0 amide bonds. The smallest absolute Gasteiger partial charge is 0.403 e. The van der Waals surface area contributed by atoms with Crippen LogP contribution < -0.4 is 10.5 Å². The van der Waals surface area contributed by atoms with Crippen molar-refractivity contribution in [2.45, 2.75) is 12.2 Å². The molecule has 1 rings (SSSR count). The monoisotopic (exact) mass is 303 g/mol. The number of hydrogen-bond acceptors (Lipinski definition) is 2. The Morgan fingerprint density at radius 1 is 1.40 bits per heavy atom. The van der Waals surface area contributed by atoms with Crippen molar-refractivity contribution in [3.05, 3.63) is 22.2 Å². The van der Waals surface area contributed by atoms with E-state index in [-0.39, 0.29) is 17.1 Å². The highest BCUT2D eigenvalue weighted by molar-refractivity contribution is 9.10. The number of nitrogens with two attached hydrogens (primary N) is 1. The predicted octanol–water partition coefficient (Wildman–Crippen LogP) is 3.67. The Morgan fingerprint density at radius 3 is 2.47 bits per heavy atom. The summed E-state index contributed by atoms with van der Waals surface area (Å²) >= 11 is 8.57. The fourth-order valence-electron chi connectivity index (χ4n) is 0.983. The average molecular weight is 304 g/mol. The van der Waals surface area contributed by atoms with E-state index in [0.717, 1.165) is 0 Å². The van der Waals surface area contributed by atoms with Crippen molar-refractivity contribution in [2.75, 3.05) is 5.73 Å². The highest BCUT2D eigenvalue weighted by atomic mass is 79.9. The van der Waals surface area contributed by atoms with Gasteiger partial charge in [-0.05, 0) is 12.1 Å². The molecule has 0 radical (unpaired) electrons. The van der Waals surface area contributed by atoms with E-state index in [1.807, 2.05) is 0 Å². The van der Waals surface area contributed by atoms with Crippen molar-refractivity contribution >= 4 is 33.2 Å². The van der Waals surface area contributed by atoms with Gasteiger partial charge in [0.25, 0.3) is 0 Å². The summed E-state index contributed by atoms with van der Waals surface area (Å²) in [7, 11) is 0. The van der Waals surface area contributed by atoms with Gasteiger partial charge in [0.05, 0.1) is 11.6 Å². The Hall–Kier alpha value is -0.620. The summed E-state index contributed by atoms with van der Waals surface area (Å²) in [5.41, 5.74) is 5.44. The zero-order valence-electron chi connectivity index (χ0n) is 7.24. The van der Waals surface area contributed by atoms with Crippen molar-refractivity contribution in [3.63, 3.8) is 0 Å². The summed E-state index contributed by atoms with van der Waals surface area (Å²) in [5.74, 6) is -0.580. The molecule has 2 N–H and O–H groups in total. The number of rotatable bonds is 2. The molecule has 0 aliphatic heterocycles. The zero-order chi connectivity index (χ0) is 11.6. The van der Waals surface area contributed by atoms with Crippen LogP contribution in [0.25, 0.3) is 0 Å². The first-order chi connectivity index (χ1) is 6.85. The second kappa shape index (κ2) is 4.49. The molecule has 1 aromatic rings. The Balaban J connectivity index is 3.20. The summed E-state index contributed by atoms with van der Waals surface area (Å²) < 4.78 is 40.3. The average Bonchev–Trinajstić information content (AvgIpc) is 2.10. The maximum absolute atomic E-state index is 12.0. The number of halogens is 5. The molecule has 0 fully saturated rings. The molecule has 1 aromatic carbocycles. The van der Waals surface area contributed by atoms with Crippen LogP contribution in [0.3, 0.4) is 0 Å². The molecule has 2 nitrogen and oxygen atoms in total. The van der Waals surface area contributed by atoms with Crippen LogP contribution in [0.15, 0.2) is 16.6 Å². The summed E-state index contributed by atoms with van der Waals surface area (Å²) in [4.78, 5) is 0. The number of alkyl halides is 4. The minimum absolute atomic E-state index is 0.105. The zero-order valence-corrected chi connectivity index (χ0v) is 9.58. The van der Waals surface area contributed by atoms with Crippen molar-refractivity contribution in [3.8, 4) is 5.75 Å². The van der Waals surface area contributed by atoms with Gasteiger partial charge in [-0.2, -0.15) is 0 Å². The van der Waals surface area contributed by atoms with Crippen LogP contribution in [0.5, 0.6) is 5.75 Å². The van der Waals surface area contributed by atoms with Crippen LogP contribution in [0, 0.1) is 0 Å². The second-order valence-corrected chi connectivity index (χ2v) is 3.75. The third-order valence-corrected chi connectivity index (χ3v) is 2.60. The van der Waals surface area contributed by atoms with Gasteiger partial charge in [-0.25, -0.2) is 0 Å². The Labute approximate surface area is 97.3 Å². The molecule has 84 valence electrons. The van der Waals surface area contributed by atoms with Crippen molar-refractivity contribution < 1.29 is 17.9 Å². The van der Waals surface area contributed by atoms with Gasteiger partial charge in [0.15, 0.2) is 5.75 Å². The molecule has 7 heteroatoms. The van der Waals surface area contributed by atoms with E-state index >= 15 is 0 Å². The van der Waals surface area contributed by atoms with Gasteiger partial charge in [0, 0.05) is 10.0 Å². The SMILES string of the molecule is Nc1ccc(Br)c(CCl)c1OC(F)(F)F. The summed E-state index contributed by atoms with van der Waals surface area (Å²) in [6.07, 6.45) is -4.78. The topological polar surface area (TPSA) is 35.2 Å². The van der Waals surface area contributed by atoms with Crippen LogP contribution in [0.1, 0.15) is 5.56 Å². The van der Waals surface area contributed by atoms with Crippen molar-refractivity contribution in [2.24, 2.45) is 0 Å². The van der Waals surface area contributed by atoms with Gasteiger partial charge in [-0.1, -0.05) is 15.9 Å². The Bertz CT molecular complexity index is 370. The van der Waals surface area contributed by atoms with E-state index in [2.05, 4.69) is 20.7 Å². The van der Waals surface area contributed by atoms with Gasteiger partial charge < -0.3 is 10.5 Å². The molecular formula is C8H6BrClF3NO. The van der Waals surface area contributed by atoms with Crippen LogP contribution in [-0.4, -0.2) is 6.36 Å². The molecule has 0 aliphatic rings. The lowest BCUT2D eigenvalue weighted by Gasteiger charge is -2.15. The summed E-state index contributed by atoms with van der Waals surface area (Å²) in [6.45, 7) is 0. The van der Waals surface area contributed by atoms with Crippen molar-refractivity contribution in [1.82, 2.24) is 0 Å². The maximum Gasteiger partial charge on any atom is 0.573 e. The second-order valence-electron chi connectivity index (χ2n) is 2.63. The molecule has 0 spiro atoms. The number of benzene rings is 1. The molecule has 0 bridgehead atoms. The first-order valence-electron chi connectivity index (χ1n) is 3.73. The largest absolute Gasteiger partial charge is 0.573 e. The standard InChI is InChI=1S/C8H6BrClF3NO/c9-5-1-2-6(14)7(4(5)3-10)15-8(11,12)13/h1-2H,3,14H2. The lowest BCUT2D eigenvalue weighted by atomic mass is 10.2. The Morgan fingerprint density at radius 2 is 2.00 bits per heavy atom. The maximum atomic E-state index is 12.0. The number of nitrogen functional groups attached to an aromatic ring is 1. The van der Waals surface area contributed by atoms with E-state index in [1.165, 1.54) is 12.1 Å². The first-order valence-corrected chi connectivity index (χ1v) is 5.06. The van der Waals surface area contributed by atoms with Gasteiger partial charge in [0.1, 0.15) is 0 Å². The van der Waals surface area contributed by atoms with Crippen LogP contribution in [0.4, 0.5) is 18.9 Å². The van der Waals surface area contributed by atoms with Gasteiger partial charge in [-0.3, -0.25) is 0 Å². The van der Waals surface area contributed by atoms with E-state index in [0.29, 0.717) is 4.47 Å². The molecule has 0 atom stereocenters. The minimum atomic E-state index is -4.78. The highest BCUT2D eigenvalue weighted by Crippen LogP contribution is 2.37. The fraction of sp³-hybridized carbons (Fsp3) is 0.250. The third kappa shape index (κ3) is 3.17. The van der Waals surface area contributed by atoms with Crippen LogP contribution in [0.2, 0.25) is 0 Å². The van der Waals surface area contributed by atoms with E-state index in [1.54, 1.807) is 0 Å². The first kappa shape index (κ1) is 12.4. The molecule has 0 saturated carbocycles.